The normalized spacial score (nSPS) is 17.6. The van der Waals surface area contributed by atoms with Gasteiger partial charge in [-0.1, -0.05) is 18.2 Å². The third kappa shape index (κ3) is 2.97. The number of imidazole rings is 1. The number of amides is 1. The molecule has 1 aliphatic rings. The summed E-state index contributed by atoms with van der Waals surface area (Å²) in [4.78, 5) is 23.1. The summed E-state index contributed by atoms with van der Waals surface area (Å²) in [5.41, 5.74) is 3.62. The fraction of sp³-hybridized carbons (Fsp3) is 0.286. The highest BCUT2D eigenvalue weighted by molar-refractivity contribution is 6.00. The van der Waals surface area contributed by atoms with Crippen LogP contribution in [-0.4, -0.2) is 43.5 Å². The Balaban J connectivity index is 1.33. The fourth-order valence-electron chi connectivity index (χ4n) is 4.06. The number of hydrogen-bond donors (Lipinski definition) is 1. The van der Waals surface area contributed by atoms with Gasteiger partial charge in [0.15, 0.2) is 0 Å². The molecule has 0 bridgehead atoms. The summed E-state index contributed by atoms with van der Waals surface area (Å²) in [6.07, 6.45) is 6.56. The Morgan fingerprint density at radius 3 is 3.00 bits per heavy atom. The van der Waals surface area contributed by atoms with Crippen LogP contribution in [0.3, 0.4) is 0 Å². The van der Waals surface area contributed by atoms with Crippen molar-refractivity contribution >= 4 is 22.5 Å². The summed E-state index contributed by atoms with van der Waals surface area (Å²) in [5.74, 6) is 1.50. The molecule has 0 radical (unpaired) electrons. The van der Waals surface area contributed by atoms with E-state index in [0.717, 1.165) is 54.7 Å². The molecule has 136 valence electrons. The first-order valence-corrected chi connectivity index (χ1v) is 9.43. The second-order valence-electron chi connectivity index (χ2n) is 7.25. The number of benzene rings is 1. The number of nitrogens with zero attached hydrogens (tertiary/aromatic N) is 4. The predicted octanol–water partition coefficient (Wildman–Crippen LogP) is 3.31. The van der Waals surface area contributed by atoms with Crippen LogP contribution in [0.2, 0.25) is 0 Å². The molecule has 0 aliphatic carbocycles. The van der Waals surface area contributed by atoms with Gasteiger partial charge in [-0.2, -0.15) is 5.10 Å². The van der Waals surface area contributed by atoms with Crippen molar-refractivity contribution < 1.29 is 4.79 Å². The minimum Gasteiger partial charge on any atom is -0.342 e. The second kappa shape index (κ2) is 6.54. The van der Waals surface area contributed by atoms with Gasteiger partial charge < -0.3 is 9.88 Å². The lowest BCUT2D eigenvalue weighted by Gasteiger charge is -2.32. The van der Waals surface area contributed by atoms with Gasteiger partial charge >= 0.3 is 0 Å². The molecule has 1 unspecified atom stereocenters. The monoisotopic (exact) mass is 359 g/mol. The highest BCUT2D eigenvalue weighted by atomic mass is 16.2. The number of para-hydroxylation sites is 2. The van der Waals surface area contributed by atoms with Crippen molar-refractivity contribution in [2.24, 2.45) is 5.92 Å². The van der Waals surface area contributed by atoms with E-state index in [1.807, 2.05) is 53.6 Å². The van der Waals surface area contributed by atoms with E-state index in [4.69, 9.17) is 4.98 Å². The molecule has 1 amide bonds. The van der Waals surface area contributed by atoms with E-state index in [1.54, 1.807) is 10.7 Å². The van der Waals surface area contributed by atoms with Gasteiger partial charge in [0.2, 0.25) is 0 Å². The van der Waals surface area contributed by atoms with Crippen LogP contribution in [0.1, 0.15) is 29.0 Å². The van der Waals surface area contributed by atoms with Crippen LogP contribution in [0.25, 0.3) is 16.6 Å². The van der Waals surface area contributed by atoms with Gasteiger partial charge in [0, 0.05) is 25.7 Å². The molecule has 4 heterocycles. The number of carbonyl (C=O) groups is 1. The minimum atomic E-state index is 0.0745. The number of piperidine rings is 1. The largest absolute Gasteiger partial charge is 0.342 e. The first-order valence-electron chi connectivity index (χ1n) is 9.43. The maximum atomic E-state index is 13.1. The highest BCUT2D eigenvalue weighted by Gasteiger charge is 2.27. The van der Waals surface area contributed by atoms with Crippen LogP contribution in [0, 0.1) is 5.92 Å². The summed E-state index contributed by atoms with van der Waals surface area (Å²) in [7, 11) is 0. The minimum absolute atomic E-state index is 0.0745. The number of nitrogens with one attached hydrogen (secondary N) is 1. The summed E-state index contributed by atoms with van der Waals surface area (Å²) in [6, 6.07) is 13.9. The van der Waals surface area contributed by atoms with Crippen molar-refractivity contribution in [3.63, 3.8) is 0 Å². The Bertz CT molecular complexity index is 1080. The number of pyridine rings is 1. The van der Waals surface area contributed by atoms with E-state index in [1.165, 1.54) is 0 Å². The number of H-pyrrole nitrogens is 1. The number of fused-ring (bicyclic) bond motifs is 2. The maximum Gasteiger partial charge on any atom is 0.257 e. The fourth-order valence-corrected chi connectivity index (χ4v) is 4.06. The Labute approximate surface area is 156 Å². The van der Waals surface area contributed by atoms with Gasteiger partial charge in [-0.3, -0.25) is 4.79 Å². The van der Waals surface area contributed by atoms with Crippen LogP contribution in [0.15, 0.2) is 54.9 Å². The van der Waals surface area contributed by atoms with Gasteiger partial charge in [-0.15, -0.1) is 0 Å². The molecule has 1 N–H and O–H groups in total. The van der Waals surface area contributed by atoms with Gasteiger partial charge in [-0.25, -0.2) is 9.50 Å². The average molecular weight is 359 g/mol. The summed E-state index contributed by atoms with van der Waals surface area (Å²) >= 11 is 0. The third-order valence-electron chi connectivity index (χ3n) is 5.38. The van der Waals surface area contributed by atoms with Crippen LogP contribution in [0.4, 0.5) is 0 Å². The lowest BCUT2D eigenvalue weighted by Crippen LogP contribution is -2.40. The third-order valence-corrected chi connectivity index (χ3v) is 5.38. The van der Waals surface area contributed by atoms with Crippen molar-refractivity contribution in [1.82, 2.24) is 24.5 Å². The maximum absolute atomic E-state index is 13.1. The summed E-state index contributed by atoms with van der Waals surface area (Å²) < 4.78 is 1.75. The number of aromatic nitrogens is 4. The van der Waals surface area contributed by atoms with Gasteiger partial charge in [0.05, 0.1) is 28.3 Å². The zero-order valence-electron chi connectivity index (χ0n) is 15.0. The van der Waals surface area contributed by atoms with Crippen molar-refractivity contribution in [1.29, 1.82) is 0 Å². The molecule has 6 heteroatoms. The molecule has 1 aromatic carbocycles. The molecule has 1 aliphatic heterocycles. The Hall–Kier alpha value is -3.15. The van der Waals surface area contributed by atoms with Crippen LogP contribution < -0.4 is 0 Å². The molecule has 0 saturated carbocycles. The zero-order chi connectivity index (χ0) is 18.2. The van der Waals surface area contributed by atoms with Crippen LogP contribution in [-0.2, 0) is 6.42 Å². The molecular weight excluding hydrogens is 338 g/mol. The Kier molecular flexibility index (Phi) is 3.89. The zero-order valence-corrected chi connectivity index (χ0v) is 15.0. The van der Waals surface area contributed by atoms with E-state index in [9.17, 15) is 4.79 Å². The van der Waals surface area contributed by atoms with Gasteiger partial charge in [0.25, 0.3) is 5.91 Å². The van der Waals surface area contributed by atoms with Crippen LogP contribution in [0.5, 0.6) is 0 Å². The number of carbonyl (C=O) groups excluding carboxylic acids is 1. The lowest BCUT2D eigenvalue weighted by atomic mass is 9.94. The van der Waals surface area contributed by atoms with E-state index in [0.29, 0.717) is 11.5 Å². The number of hydrogen-bond acceptors (Lipinski definition) is 3. The van der Waals surface area contributed by atoms with Crippen LogP contribution >= 0.6 is 0 Å². The van der Waals surface area contributed by atoms with E-state index in [-0.39, 0.29) is 5.91 Å². The molecule has 27 heavy (non-hydrogen) atoms. The predicted molar refractivity (Wildman–Crippen MR) is 104 cm³/mol. The van der Waals surface area contributed by atoms with E-state index >= 15 is 0 Å². The van der Waals surface area contributed by atoms with E-state index in [2.05, 4.69) is 10.1 Å². The quantitative estimate of drug-likeness (QED) is 0.610. The van der Waals surface area contributed by atoms with Gasteiger partial charge in [-0.05, 0) is 43.0 Å². The highest BCUT2D eigenvalue weighted by Crippen LogP contribution is 2.23. The molecule has 1 saturated heterocycles. The number of rotatable bonds is 3. The van der Waals surface area contributed by atoms with E-state index < -0.39 is 0 Å². The molecule has 0 spiro atoms. The van der Waals surface area contributed by atoms with Crippen molar-refractivity contribution in [3.05, 3.63) is 66.2 Å². The molecule has 1 atom stereocenters. The smallest absolute Gasteiger partial charge is 0.257 e. The van der Waals surface area contributed by atoms with Crippen molar-refractivity contribution in [2.45, 2.75) is 19.3 Å². The summed E-state index contributed by atoms with van der Waals surface area (Å²) in [6.45, 7) is 1.57. The Morgan fingerprint density at radius 2 is 2.07 bits per heavy atom. The number of likely N-dealkylation sites (tertiary alicyclic amines) is 1. The molecule has 6 nitrogen and oxygen atoms in total. The average Bonchev–Trinajstić information content (AvgIpc) is 3.31. The molecule has 4 aromatic rings. The summed E-state index contributed by atoms with van der Waals surface area (Å²) in [5, 5.41) is 4.30. The molecule has 5 rings (SSSR count). The van der Waals surface area contributed by atoms with Crippen molar-refractivity contribution in [3.8, 4) is 0 Å². The number of aromatic amines is 1. The Morgan fingerprint density at radius 1 is 1.19 bits per heavy atom. The first-order chi connectivity index (χ1) is 13.3. The molecule has 1 fully saturated rings. The van der Waals surface area contributed by atoms with Crippen molar-refractivity contribution in [2.75, 3.05) is 13.1 Å². The lowest BCUT2D eigenvalue weighted by molar-refractivity contribution is 0.0674. The topological polar surface area (TPSA) is 66.3 Å². The SMILES string of the molecule is O=C(c1cnn2ccccc12)N1CCCC(Cc2nc3ccccc3[nH]2)C1. The first kappa shape index (κ1) is 16.1. The molecular formula is C21H21N5O. The van der Waals surface area contributed by atoms with Gasteiger partial charge in [0.1, 0.15) is 5.82 Å². The molecule has 3 aromatic heterocycles. The standard InChI is InChI=1S/C21H21N5O/c27-21(16-13-22-26-11-4-3-9-19(16)26)25-10-5-6-15(14-25)12-20-23-17-7-1-2-8-18(17)24-20/h1-4,7-9,11,13,15H,5-6,10,12,14H2,(H,23,24). The second-order valence-corrected chi connectivity index (χ2v) is 7.25.